The van der Waals surface area contributed by atoms with Crippen LogP contribution in [0.4, 0.5) is 11.7 Å². The summed E-state index contributed by atoms with van der Waals surface area (Å²) in [6.45, 7) is 0.684. The summed E-state index contributed by atoms with van der Waals surface area (Å²) >= 11 is 0. The van der Waals surface area contributed by atoms with Crippen molar-refractivity contribution >= 4 is 23.3 Å². The van der Waals surface area contributed by atoms with E-state index in [9.17, 15) is 4.79 Å². The molecule has 3 aromatic rings. The lowest BCUT2D eigenvalue weighted by Crippen LogP contribution is -2.32. The van der Waals surface area contributed by atoms with Crippen LogP contribution in [0.1, 0.15) is 36.0 Å². The first kappa shape index (κ1) is 17.6. The van der Waals surface area contributed by atoms with Crippen LogP contribution >= 0.6 is 0 Å². The van der Waals surface area contributed by atoms with Crippen LogP contribution in [0, 0.1) is 0 Å². The molecule has 2 N–H and O–H groups in total. The molecular formula is C21H19N5O3. The van der Waals surface area contributed by atoms with E-state index in [0.717, 1.165) is 24.0 Å². The summed E-state index contributed by atoms with van der Waals surface area (Å²) in [4.78, 5) is 17.5. The Morgan fingerprint density at radius 1 is 1.03 bits per heavy atom. The number of fused-ring (bicyclic) bond motifs is 1. The fourth-order valence-electron chi connectivity index (χ4n) is 3.49. The van der Waals surface area contributed by atoms with Gasteiger partial charge in [-0.3, -0.25) is 4.79 Å². The Balaban J connectivity index is 1.49. The molecule has 1 fully saturated rings. The maximum atomic E-state index is 12.8. The molecule has 1 saturated heterocycles. The summed E-state index contributed by atoms with van der Waals surface area (Å²) in [5, 5.41) is 13.9. The largest absolute Gasteiger partial charge is 0.405 e. The third kappa shape index (κ3) is 3.50. The minimum Gasteiger partial charge on any atom is -0.405 e. The zero-order valence-corrected chi connectivity index (χ0v) is 15.5. The monoisotopic (exact) mass is 389 g/mol. The summed E-state index contributed by atoms with van der Waals surface area (Å²) < 4.78 is 11.2. The van der Waals surface area contributed by atoms with Gasteiger partial charge in [0.2, 0.25) is 12.1 Å². The molecule has 8 nitrogen and oxygen atoms in total. The molecule has 1 aromatic heterocycles. The number of amides is 1. The van der Waals surface area contributed by atoms with E-state index in [1.54, 1.807) is 0 Å². The van der Waals surface area contributed by atoms with Gasteiger partial charge in [-0.1, -0.05) is 53.6 Å². The highest BCUT2D eigenvalue weighted by molar-refractivity contribution is 6.19. The molecule has 3 heterocycles. The van der Waals surface area contributed by atoms with Gasteiger partial charge in [-0.15, -0.1) is 5.10 Å². The number of hydrogen-bond donors (Lipinski definition) is 2. The van der Waals surface area contributed by atoms with Crippen molar-refractivity contribution in [1.29, 1.82) is 0 Å². The van der Waals surface area contributed by atoms with Crippen LogP contribution in [0.15, 0.2) is 64.0 Å². The summed E-state index contributed by atoms with van der Waals surface area (Å²) in [6, 6.07) is 17.5. The number of benzodiazepines with no additional fused rings is 1. The lowest BCUT2D eigenvalue weighted by molar-refractivity contribution is -0.116. The zero-order chi connectivity index (χ0) is 19.6. The average molecular weight is 389 g/mol. The van der Waals surface area contributed by atoms with Crippen LogP contribution in [-0.4, -0.2) is 34.6 Å². The number of aliphatic imine (C=N–C) groups is 1. The highest BCUT2D eigenvalue weighted by Crippen LogP contribution is 2.29. The Hall–Kier alpha value is -3.52. The number of aromatic nitrogens is 2. The molecule has 29 heavy (non-hydrogen) atoms. The third-order valence-corrected chi connectivity index (χ3v) is 4.90. The number of benzene rings is 2. The number of hydrogen-bond acceptors (Lipinski definition) is 7. The molecule has 5 rings (SSSR count). The molecule has 146 valence electrons. The predicted molar refractivity (Wildman–Crippen MR) is 107 cm³/mol. The molecule has 0 bridgehead atoms. The topological polar surface area (TPSA) is 102 Å². The molecule has 0 aliphatic carbocycles. The van der Waals surface area contributed by atoms with Gasteiger partial charge in [0, 0.05) is 17.7 Å². The zero-order valence-electron chi connectivity index (χ0n) is 15.5. The number of nitrogens with zero attached hydrogens (tertiary/aromatic N) is 3. The van der Waals surface area contributed by atoms with Gasteiger partial charge in [0.1, 0.15) is 6.10 Å². The maximum Gasteiger partial charge on any atom is 0.317 e. The van der Waals surface area contributed by atoms with Crippen molar-refractivity contribution in [2.75, 3.05) is 17.2 Å². The standard InChI is InChI=1S/C21H19N5O3/c27-19-18(24-21-26-25-20(29-21)16-11-6-12-28-16)23-17(13-7-2-1-3-8-13)14-9-4-5-10-15(14)22-19/h1-5,7-10,16,18H,6,11-12H2,(H,22,27)(H,24,26). The predicted octanol–water partition coefficient (Wildman–Crippen LogP) is 3.15. The van der Waals surface area contributed by atoms with Gasteiger partial charge < -0.3 is 19.8 Å². The minimum absolute atomic E-state index is 0.137. The number of ether oxygens (including phenoxy) is 1. The van der Waals surface area contributed by atoms with Crippen molar-refractivity contribution in [2.45, 2.75) is 25.1 Å². The third-order valence-electron chi connectivity index (χ3n) is 4.90. The van der Waals surface area contributed by atoms with Gasteiger partial charge in [0.15, 0.2) is 0 Å². The van der Waals surface area contributed by atoms with Crippen LogP contribution in [0.2, 0.25) is 0 Å². The van der Waals surface area contributed by atoms with Crippen LogP contribution in [0.25, 0.3) is 0 Å². The molecule has 2 unspecified atom stereocenters. The lowest BCUT2D eigenvalue weighted by Gasteiger charge is -2.11. The molecular weight excluding hydrogens is 370 g/mol. The fourth-order valence-corrected chi connectivity index (χ4v) is 3.49. The van der Waals surface area contributed by atoms with E-state index in [1.165, 1.54) is 0 Å². The average Bonchev–Trinajstić information content (AvgIpc) is 3.42. The SMILES string of the molecule is O=C1Nc2ccccc2C(c2ccccc2)=NC1Nc1nnc(C2CCCO2)o1. The normalized spacial score (nSPS) is 21.1. The Labute approximate surface area is 167 Å². The number of carbonyl (C=O) groups is 1. The van der Waals surface area contributed by atoms with Gasteiger partial charge in [-0.05, 0) is 18.9 Å². The van der Waals surface area contributed by atoms with E-state index in [-0.39, 0.29) is 18.0 Å². The van der Waals surface area contributed by atoms with Gasteiger partial charge in [0.25, 0.3) is 5.91 Å². The minimum atomic E-state index is -0.921. The first-order valence-corrected chi connectivity index (χ1v) is 9.53. The van der Waals surface area contributed by atoms with E-state index in [1.807, 2.05) is 54.6 Å². The molecule has 8 heteroatoms. The number of anilines is 2. The Morgan fingerprint density at radius 2 is 1.86 bits per heavy atom. The molecule has 2 aromatic carbocycles. The smallest absolute Gasteiger partial charge is 0.317 e. The number of para-hydroxylation sites is 1. The van der Waals surface area contributed by atoms with Gasteiger partial charge in [0.05, 0.1) is 11.4 Å². The van der Waals surface area contributed by atoms with Crippen molar-refractivity contribution in [2.24, 2.45) is 4.99 Å². The highest BCUT2D eigenvalue weighted by atomic mass is 16.5. The maximum absolute atomic E-state index is 12.8. The Kier molecular flexibility index (Phi) is 4.53. The van der Waals surface area contributed by atoms with Crippen molar-refractivity contribution in [1.82, 2.24) is 10.2 Å². The molecule has 0 saturated carbocycles. The second-order valence-electron chi connectivity index (χ2n) is 6.87. The molecule has 2 aliphatic rings. The summed E-state index contributed by atoms with van der Waals surface area (Å²) in [5.74, 6) is 0.106. The Morgan fingerprint density at radius 3 is 2.69 bits per heavy atom. The molecule has 1 amide bonds. The van der Waals surface area contributed by atoms with E-state index in [4.69, 9.17) is 14.1 Å². The van der Waals surface area contributed by atoms with E-state index in [2.05, 4.69) is 20.8 Å². The first-order chi connectivity index (χ1) is 14.3. The molecule has 0 radical (unpaired) electrons. The van der Waals surface area contributed by atoms with Crippen molar-refractivity contribution < 1.29 is 13.9 Å². The van der Waals surface area contributed by atoms with E-state index < -0.39 is 6.17 Å². The number of carbonyl (C=O) groups excluding carboxylic acids is 1. The Bertz CT molecular complexity index is 1060. The fraction of sp³-hybridized carbons (Fsp3) is 0.238. The van der Waals surface area contributed by atoms with E-state index in [0.29, 0.717) is 23.9 Å². The first-order valence-electron chi connectivity index (χ1n) is 9.53. The second kappa shape index (κ2) is 7.48. The van der Waals surface area contributed by atoms with Crippen LogP contribution in [0.3, 0.4) is 0 Å². The lowest BCUT2D eigenvalue weighted by atomic mass is 10.0. The van der Waals surface area contributed by atoms with Crippen molar-refractivity contribution in [3.05, 3.63) is 71.6 Å². The van der Waals surface area contributed by atoms with E-state index >= 15 is 0 Å². The van der Waals surface area contributed by atoms with Gasteiger partial charge >= 0.3 is 6.01 Å². The quantitative estimate of drug-likeness (QED) is 0.711. The summed E-state index contributed by atoms with van der Waals surface area (Å²) in [7, 11) is 0. The number of nitrogens with one attached hydrogen (secondary N) is 2. The highest BCUT2D eigenvalue weighted by Gasteiger charge is 2.28. The van der Waals surface area contributed by atoms with Gasteiger partial charge in [-0.25, -0.2) is 4.99 Å². The second-order valence-corrected chi connectivity index (χ2v) is 6.87. The van der Waals surface area contributed by atoms with Crippen LogP contribution in [-0.2, 0) is 9.53 Å². The molecule has 2 atom stereocenters. The summed E-state index contributed by atoms with van der Waals surface area (Å²) in [5.41, 5.74) is 3.17. The van der Waals surface area contributed by atoms with Crippen molar-refractivity contribution in [3.8, 4) is 0 Å². The molecule has 2 aliphatic heterocycles. The summed E-state index contributed by atoms with van der Waals surface area (Å²) in [6.07, 6.45) is 0.699. The molecule has 0 spiro atoms. The van der Waals surface area contributed by atoms with Crippen LogP contribution in [0.5, 0.6) is 0 Å². The van der Waals surface area contributed by atoms with Gasteiger partial charge in [-0.2, -0.15) is 0 Å². The van der Waals surface area contributed by atoms with Crippen molar-refractivity contribution in [3.63, 3.8) is 0 Å². The van der Waals surface area contributed by atoms with Crippen LogP contribution < -0.4 is 10.6 Å². The number of rotatable bonds is 4.